The molecule has 6 nitrogen and oxygen atoms in total. The Kier molecular flexibility index (Phi) is 3.79. The normalized spacial score (nSPS) is 9.29. The Morgan fingerprint density at radius 3 is 2.19 bits per heavy atom. The topological polar surface area (TPSA) is 103 Å². The fourth-order valence-corrected chi connectivity index (χ4v) is 1.90. The largest absolute Gasteiger partial charge is 0.497 e. The minimum atomic E-state index is -0.193. The minimum absolute atomic E-state index is 0.0116. The van der Waals surface area contributed by atoms with Crippen LogP contribution in [0.15, 0.2) is 22.6 Å². The summed E-state index contributed by atoms with van der Waals surface area (Å²) in [6.45, 7) is 0. The molecule has 0 saturated heterocycles. The van der Waals surface area contributed by atoms with Gasteiger partial charge in [-0.1, -0.05) is 0 Å². The second-order valence-electron chi connectivity index (χ2n) is 3.91. The van der Waals surface area contributed by atoms with Crippen LogP contribution < -0.4 is 9.47 Å². The number of furan rings is 1. The summed E-state index contributed by atoms with van der Waals surface area (Å²) in [7, 11) is 2.98. The van der Waals surface area contributed by atoms with E-state index in [-0.39, 0.29) is 22.6 Å². The summed E-state index contributed by atoms with van der Waals surface area (Å²) in [5.41, 5.74) is 0.401. The highest BCUT2D eigenvalue weighted by Crippen LogP contribution is 2.38. The van der Waals surface area contributed by atoms with E-state index in [0.29, 0.717) is 17.1 Å². The maximum absolute atomic E-state index is 9.23. The molecule has 0 aliphatic carbocycles. The number of ether oxygens (including phenoxy) is 2. The summed E-state index contributed by atoms with van der Waals surface area (Å²) in [4.78, 5) is 0. The molecule has 0 aliphatic rings. The SMILES string of the molecule is COc1ccc(-c2oc(C#N)c(C#N)c2C#N)c(OC)c1. The molecular weight excluding hydrogens is 270 g/mol. The van der Waals surface area contributed by atoms with Crippen molar-refractivity contribution in [1.29, 1.82) is 15.8 Å². The molecule has 0 spiro atoms. The van der Waals surface area contributed by atoms with Crippen molar-refractivity contribution in [2.45, 2.75) is 0 Å². The Bertz CT molecular complexity index is 816. The van der Waals surface area contributed by atoms with E-state index in [9.17, 15) is 5.26 Å². The molecule has 0 N–H and O–H groups in total. The monoisotopic (exact) mass is 279 g/mol. The summed E-state index contributed by atoms with van der Waals surface area (Å²) in [6.07, 6.45) is 0. The third-order valence-corrected chi connectivity index (χ3v) is 2.89. The third kappa shape index (κ3) is 2.25. The first-order valence-corrected chi connectivity index (χ1v) is 5.79. The zero-order valence-electron chi connectivity index (χ0n) is 11.3. The molecule has 2 aromatic rings. The van der Waals surface area contributed by atoms with Crippen LogP contribution in [0.3, 0.4) is 0 Å². The predicted molar refractivity (Wildman–Crippen MR) is 71.4 cm³/mol. The van der Waals surface area contributed by atoms with Crippen molar-refractivity contribution in [3.63, 3.8) is 0 Å². The molecule has 1 aromatic heterocycles. The molecule has 1 heterocycles. The van der Waals surface area contributed by atoms with Crippen molar-refractivity contribution in [2.24, 2.45) is 0 Å². The lowest BCUT2D eigenvalue weighted by molar-refractivity contribution is 0.394. The second kappa shape index (κ2) is 5.69. The van der Waals surface area contributed by atoms with E-state index in [1.165, 1.54) is 14.2 Å². The number of methoxy groups -OCH3 is 2. The van der Waals surface area contributed by atoms with E-state index >= 15 is 0 Å². The fourth-order valence-electron chi connectivity index (χ4n) is 1.90. The Hall–Kier alpha value is -3.43. The highest BCUT2D eigenvalue weighted by Gasteiger charge is 2.23. The van der Waals surface area contributed by atoms with Gasteiger partial charge < -0.3 is 13.9 Å². The van der Waals surface area contributed by atoms with Gasteiger partial charge in [-0.25, -0.2) is 0 Å². The van der Waals surface area contributed by atoms with Crippen LogP contribution in [0.4, 0.5) is 0 Å². The van der Waals surface area contributed by atoms with Gasteiger partial charge in [-0.15, -0.1) is 0 Å². The molecule has 0 bridgehead atoms. The molecule has 0 radical (unpaired) electrons. The van der Waals surface area contributed by atoms with Gasteiger partial charge in [-0.05, 0) is 12.1 Å². The van der Waals surface area contributed by atoms with Crippen molar-refractivity contribution in [3.8, 4) is 41.0 Å². The Morgan fingerprint density at radius 2 is 1.67 bits per heavy atom. The highest BCUT2D eigenvalue weighted by molar-refractivity contribution is 5.76. The van der Waals surface area contributed by atoms with Crippen LogP contribution in [0.25, 0.3) is 11.3 Å². The molecule has 0 fully saturated rings. The number of nitrogens with zero attached hydrogens (tertiary/aromatic N) is 3. The number of rotatable bonds is 3. The number of hydrogen-bond donors (Lipinski definition) is 0. The lowest BCUT2D eigenvalue weighted by Gasteiger charge is -2.08. The fraction of sp³-hybridized carbons (Fsp3) is 0.133. The highest BCUT2D eigenvalue weighted by atomic mass is 16.5. The van der Waals surface area contributed by atoms with Gasteiger partial charge in [-0.3, -0.25) is 0 Å². The smallest absolute Gasteiger partial charge is 0.223 e. The number of benzene rings is 1. The second-order valence-corrected chi connectivity index (χ2v) is 3.91. The lowest BCUT2D eigenvalue weighted by Crippen LogP contribution is -1.91. The van der Waals surface area contributed by atoms with Gasteiger partial charge >= 0.3 is 0 Å². The Labute approximate surface area is 121 Å². The number of nitriles is 3. The average Bonchev–Trinajstić information content (AvgIpc) is 2.91. The summed E-state index contributed by atoms with van der Waals surface area (Å²) < 4.78 is 15.7. The van der Waals surface area contributed by atoms with Crippen molar-refractivity contribution in [2.75, 3.05) is 14.2 Å². The van der Waals surface area contributed by atoms with Crippen molar-refractivity contribution >= 4 is 0 Å². The van der Waals surface area contributed by atoms with Crippen molar-refractivity contribution < 1.29 is 13.9 Å². The standard InChI is InChI=1S/C15H9N3O3/c1-19-9-3-4-10(13(5-9)20-2)15-12(7-17)11(6-16)14(8-18)21-15/h3-5H,1-2H3. The van der Waals surface area contributed by atoms with Gasteiger partial charge in [0.2, 0.25) is 5.76 Å². The Balaban J connectivity index is 2.75. The molecule has 2 rings (SSSR count). The molecule has 102 valence electrons. The van der Waals surface area contributed by atoms with E-state index < -0.39 is 0 Å². The summed E-state index contributed by atoms with van der Waals surface area (Å²) in [6, 6.07) is 10.4. The van der Waals surface area contributed by atoms with Crippen molar-refractivity contribution in [1.82, 2.24) is 0 Å². The first-order valence-electron chi connectivity index (χ1n) is 5.79. The molecular formula is C15H9N3O3. The minimum Gasteiger partial charge on any atom is -0.497 e. The van der Waals surface area contributed by atoms with Crippen LogP contribution in [-0.2, 0) is 0 Å². The average molecular weight is 279 g/mol. The van der Waals surface area contributed by atoms with Crippen molar-refractivity contribution in [3.05, 3.63) is 35.1 Å². The van der Waals surface area contributed by atoms with Crippen LogP contribution in [0, 0.1) is 34.0 Å². The lowest BCUT2D eigenvalue weighted by atomic mass is 10.0. The number of hydrogen-bond acceptors (Lipinski definition) is 6. The maximum atomic E-state index is 9.23. The van der Waals surface area contributed by atoms with Crippen LogP contribution in [0.1, 0.15) is 16.9 Å². The van der Waals surface area contributed by atoms with Crippen LogP contribution in [0.5, 0.6) is 11.5 Å². The Morgan fingerprint density at radius 1 is 0.952 bits per heavy atom. The molecule has 0 amide bonds. The maximum Gasteiger partial charge on any atom is 0.223 e. The molecule has 0 atom stereocenters. The molecule has 0 aliphatic heterocycles. The molecule has 0 saturated carbocycles. The van der Waals surface area contributed by atoms with E-state index in [4.69, 9.17) is 24.4 Å². The van der Waals surface area contributed by atoms with Crippen LogP contribution in [-0.4, -0.2) is 14.2 Å². The van der Waals surface area contributed by atoms with Gasteiger partial charge in [0.25, 0.3) is 0 Å². The van der Waals surface area contributed by atoms with Crippen LogP contribution >= 0.6 is 0 Å². The molecule has 21 heavy (non-hydrogen) atoms. The van der Waals surface area contributed by atoms with Crippen LogP contribution in [0.2, 0.25) is 0 Å². The molecule has 1 aromatic carbocycles. The van der Waals surface area contributed by atoms with Gasteiger partial charge in [0.05, 0.1) is 19.8 Å². The summed E-state index contributed by atoms with van der Waals surface area (Å²) >= 11 is 0. The molecule has 6 heteroatoms. The van der Waals surface area contributed by atoms with E-state index in [0.717, 1.165) is 0 Å². The first kappa shape index (κ1) is 14.0. The first-order chi connectivity index (χ1) is 10.2. The summed E-state index contributed by atoms with van der Waals surface area (Å²) in [5, 5.41) is 27.3. The van der Waals surface area contributed by atoms with Gasteiger partial charge in [-0.2, -0.15) is 15.8 Å². The predicted octanol–water partition coefficient (Wildman–Crippen LogP) is 2.58. The zero-order valence-corrected chi connectivity index (χ0v) is 11.3. The van der Waals surface area contributed by atoms with E-state index in [1.54, 1.807) is 24.3 Å². The zero-order chi connectivity index (χ0) is 15.4. The summed E-state index contributed by atoms with van der Waals surface area (Å²) in [5.74, 6) is 0.919. The van der Waals surface area contributed by atoms with Gasteiger partial charge in [0.1, 0.15) is 40.8 Å². The quantitative estimate of drug-likeness (QED) is 0.855. The van der Waals surface area contributed by atoms with Gasteiger partial charge in [0.15, 0.2) is 5.76 Å². The molecule has 0 unspecified atom stereocenters. The third-order valence-electron chi connectivity index (χ3n) is 2.89. The van der Waals surface area contributed by atoms with E-state index in [2.05, 4.69) is 0 Å². The van der Waals surface area contributed by atoms with Gasteiger partial charge in [0, 0.05) is 6.07 Å². The van der Waals surface area contributed by atoms with E-state index in [1.807, 2.05) is 12.1 Å².